The largest absolute Gasteiger partial charge is 0.493 e. The molecule has 0 aliphatic rings. The Morgan fingerprint density at radius 1 is 0.971 bits per heavy atom. The van der Waals surface area contributed by atoms with E-state index in [1.54, 1.807) is 32.4 Å². The van der Waals surface area contributed by atoms with E-state index in [0.29, 0.717) is 23.7 Å². The topological polar surface area (TPSA) is 74.6 Å². The number of rotatable bonds is 10. The molecule has 1 amide bonds. The molecule has 1 aromatic heterocycles. The van der Waals surface area contributed by atoms with Gasteiger partial charge in [-0.1, -0.05) is 30.3 Å². The van der Waals surface area contributed by atoms with Crippen molar-refractivity contribution in [1.82, 2.24) is 14.9 Å². The Kier molecular flexibility index (Phi) is 7.55. The Hall–Kier alpha value is -4.00. The maximum atomic E-state index is 13.0. The number of benzene rings is 3. The second-order valence-corrected chi connectivity index (χ2v) is 8.34. The number of nitrogens with zero attached hydrogens (tertiary/aromatic N) is 2. The lowest BCUT2D eigenvalue weighted by atomic mass is 10.1. The van der Waals surface area contributed by atoms with Gasteiger partial charge in [-0.15, -0.1) is 0 Å². The van der Waals surface area contributed by atoms with Gasteiger partial charge >= 0.3 is 0 Å². The van der Waals surface area contributed by atoms with Crippen molar-refractivity contribution in [3.05, 3.63) is 83.7 Å². The summed E-state index contributed by atoms with van der Waals surface area (Å²) in [6.07, 6.45) is 0.804. The van der Waals surface area contributed by atoms with Crippen LogP contribution in [0.5, 0.6) is 17.2 Å². The van der Waals surface area contributed by atoms with Gasteiger partial charge in [0.1, 0.15) is 11.6 Å². The standard InChI is InChI=1S/C28H31N3O4/c1-19-10-5-8-13-24(19)35-17-9-16-31-23-12-7-6-11-22(23)30-27(31)20(2)29-28(32)21-14-15-25(33-3)26(18-21)34-4/h5-8,10-15,18,20H,9,16-17H2,1-4H3,(H,29,32). The molecule has 7 heteroatoms. The minimum absolute atomic E-state index is 0.208. The summed E-state index contributed by atoms with van der Waals surface area (Å²) in [5, 5.41) is 3.08. The molecule has 35 heavy (non-hydrogen) atoms. The summed E-state index contributed by atoms with van der Waals surface area (Å²) < 4.78 is 18.8. The van der Waals surface area contributed by atoms with E-state index in [9.17, 15) is 4.79 Å². The van der Waals surface area contributed by atoms with Crippen LogP contribution in [-0.2, 0) is 6.54 Å². The third-order valence-corrected chi connectivity index (χ3v) is 5.94. The molecular formula is C28H31N3O4. The van der Waals surface area contributed by atoms with Crippen LogP contribution in [0.2, 0.25) is 0 Å². The molecule has 0 spiro atoms. The molecule has 0 radical (unpaired) electrons. The van der Waals surface area contributed by atoms with Crippen LogP contribution in [0.1, 0.15) is 41.1 Å². The van der Waals surface area contributed by atoms with Crippen LogP contribution in [0.25, 0.3) is 11.0 Å². The highest BCUT2D eigenvalue weighted by molar-refractivity contribution is 5.95. The Labute approximate surface area is 205 Å². The number of fused-ring (bicyclic) bond motifs is 1. The third-order valence-electron chi connectivity index (χ3n) is 5.94. The molecule has 4 rings (SSSR count). The van der Waals surface area contributed by atoms with Crippen molar-refractivity contribution < 1.29 is 19.0 Å². The number of para-hydroxylation sites is 3. The number of amides is 1. The number of methoxy groups -OCH3 is 2. The van der Waals surface area contributed by atoms with E-state index >= 15 is 0 Å². The van der Waals surface area contributed by atoms with Gasteiger partial charge in [0.2, 0.25) is 0 Å². The van der Waals surface area contributed by atoms with Crippen LogP contribution >= 0.6 is 0 Å². The van der Waals surface area contributed by atoms with Gasteiger partial charge in [-0.05, 0) is 62.2 Å². The van der Waals surface area contributed by atoms with E-state index in [-0.39, 0.29) is 11.9 Å². The summed E-state index contributed by atoms with van der Waals surface area (Å²) in [6, 6.07) is 20.8. The third kappa shape index (κ3) is 5.40. The molecule has 1 heterocycles. The van der Waals surface area contributed by atoms with E-state index in [0.717, 1.165) is 41.1 Å². The number of aryl methyl sites for hydroxylation is 2. The molecule has 1 unspecified atom stereocenters. The molecule has 0 saturated carbocycles. The van der Waals surface area contributed by atoms with Crippen molar-refractivity contribution in [1.29, 1.82) is 0 Å². The van der Waals surface area contributed by atoms with E-state index in [4.69, 9.17) is 19.2 Å². The van der Waals surface area contributed by atoms with Crippen molar-refractivity contribution in [3.8, 4) is 17.2 Å². The number of aromatic nitrogens is 2. The summed E-state index contributed by atoms with van der Waals surface area (Å²) in [4.78, 5) is 17.8. The van der Waals surface area contributed by atoms with E-state index < -0.39 is 0 Å². The highest BCUT2D eigenvalue weighted by Gasteiger charge is 2.20. The lowest BCUT2D eigenvalue weighted by Gasteiger charge is -2.17. The molecule has 7 nitrogen and oxygen atoms in total. The number of carbonyl (C=O) groups is 1. The van der Waals surface area contributed by atoms with Gasteiger partial charge in [-0.2, -0.15) is 0 Å². The van der Waals surface area contributed by atoms with Crippen molar-refractivity contribution >= 4 is 16.9 Å². The first kappa shape index (κ1) is 24.1. The molecule has 3 aromatic carbocycles. The predicted octanol–water partition coefficient (Wildman–Crippen LogP) is 5.32. The monoisotopic (exact) mass is 473 g/mol. The second-order valence-electron chi connectivity index (χ2n) is 8.34. The minimum atomic E-state index is -0.305. The number of carbonyl (C=O) groups excluding carboxylic acids is 1. The second kappa shape index (κ2) is 11.0. The summed E-state index contributed by atoms with van der Waals surface area (Å²) in [6.45, 7) is 5.29. The normalized spacial score (nSPS) is 11.8. The Morgan fingerprint density at radius 2 is 1.71 bits per heavy atom. The lowest BCUT2D eigenvalue weighted by molar-refractivity contribution is 0.0937. The highest BCUT2D eigenvalue weighted by Crippen LogP contribution is 2.28. The smallest absolute Gasteiger partial charge is 0.251 e. The van der Waals surface area contributed by atoms with Gasteiger partial charge in [-0.3, -0.25) is 4.79 Å². The molecule has 0 fully saturated rings. The minimum Gasteiger partial charge on any atom is -0.493 e. The van der Waals surface area contributed by atoms with Crippen LogP contribution in [0.3, 0.4) is 0 Å². The zero-order valence-electron chi connectivity index (χ0n) is 20.6. The summed E-state index contributed by atoms with van der Waals surface area (Å²) in [5.41, 5.74) is 3.54. The van der Waals surface area contributed by atoms with Crippen molar-refractivity contribution in [2.24, 2.45) is 0 Å². The molecular weight excluding hydrogens is 442 g/mol. The van der Waals surface area contributed by atoms with Crippen LogP contribution in [-0.4, -0.2) is 36.3 Å². The molecule has 0 bridgehead atoms. The average Bonchev–Trinajstić information content (AvgIpc) is 3.25. The lowest BCUT2D eigenvalue weighted by Crippen LogP contribution is -2.29. The summed E-state index contributed by atoms with van der Waals surface area (Å²) in [7, 11) is 3.11. The van der Waals surface area contributed by atoms with Gasteiger partial charge in [0.15, 0.2) is 11.5 Å². The zero-order chi connectivity index (χ0) is 24.8. The van der Waals surface area contributed by atoms with Crippen molar-refractivity contribution in [2.75, 3.05) is 20.8 Å². The fraction of sp³-hybridized carbons (Fsp3) is 0.286. The van der Waals surface area contributed by atoms with Crippen LogP contribution in [0.4, 0.5) is 0 Å². The number of hydrogen-bond acceptors (Lipinski definition) is 5. The average molecular weight is 474 g/mol. The van der Waals surface area contributed by atoms with Crippen LogP contribution in [0, 0.1) is 6.92 Å². The zero-order valence-corrected chi connectivity index (χ0v) is 20.6. The number of hydrogen-bond donors (Lipinski definition) is 1. The van der Waals surface area contributed by atoms with E-state index in [2.05, 4.69) is 16.0 Å². The molecule has 1 atom stereocenters. The molecule has 4 aromatic rings. The van der Waals surface area contributed by atoms with Crippen LogP contribution in [0.15, 0.2) is 66.7 Å². The van der Waals surface area contributed by atoms with Crippen molar-refractivity contribution in [3.63, 3.8) is 0 Å². The number of imidazole rings is 1. The first-order chi connectivity index (χ1) is 17.0. The molecule has 1 N–H and O–H groups in total. The first-order valence-electron chi connectivity index (χ1n) is 11.7. The Morgan fingerprint density at radius 3 is 2.49 bits per heavy atom. The fourth-order valence-electron chi connectivity index (χ4n) is 4.10. The maximum absolute atomic E-state index is 13.0. The Bertz CT molecular complexity index is 1310. The van der Waals surface area contributed by atoms with Crippen molar-refractivity contribution in [2.45, 2.75) is 32.9 Å². The molecule has 0 saturated heterocycles. The first-order valence-corrected chi connectivity index (χ1v) is 11.7. The molecule has 0 aliphatic carbocycles. The highest BCUT2D eigenvalue weighted by atomic mass is 16.5. The van der Waals surface area contributed by atoms with Gasteiger partial charge < -0.3 is 24.1 Å². The van der Waals surface area contributed by atoms with E-state index in [1.165, 1.54) is 0 Å². The van der Waals surface area contributed by atoms with Gasteiger partial charge in [0.05, 0.1) is 37.9 Å². The van der Waals surface area contributed by atoms with Gasteiger partial charge in [-0.25, -0.2) is 4.98 Å². The quantitative estimate of drug-likeness (QED) is 0.316. The SMILES string of the molecule is COc1ccc(C(=O)NC(C)c2nc3ccccc3n2CCCOc2ccccc2C)cc1OC. The fourth-order valence-corrected chi connectivity index (χ4v) is 4.10. The van der Waals surface area contributed by atoms with E-state index in [1.807, 2.05) is 56.3 Å². The van der Waals surface area contributed by atoms with Gasteiger partial charge in [0.25, 0.3) is 5.91 Å². The molecule has 0 aliphatic heterocycles. The number of nitrogens with one attached hydrogen (secondary N) is 1. The number of ether oxygens (including phenoxy) is 3. The maximum Gasteiger partial charge on any atom is 0.251 e. The summed E-state index contributed by atoms with van der Waals surface area (Å²) in [5.74, 6) is 2.58. The van der Waals surface area contributed by atoms with Crippen LogP contribution < -0.4 is 19.5 Å². The predicted molar refractivity (Wildman–Crippen MR) is 136 cm³/mol. The van der Waals surface area contributed by atoms with Gasteiger partial charge in [0, 0.05) is 12.1 Å². The molecule has 182 valence electrons. The summed E-state index contributed by atoms with van der Waals surface area (Å²) >= 11 is 0. The Balaban J connectivity index is 1.49.